The molecule has 0 bridgehead atoms. The molecule has 130 valence electrons. The lowest BCUT2D eigenvalue weighted by Gasteiger charge is -2.27. The number of benzene rings is 2. The number of ether oxygens (including phenoxy) is 1. The van der Waals surface area contributed by atoms with Crippen molar-refractivity contribution < 1.29 is 19.4 Å². The van der Waals surface area contributed by atoms with Gasteiger partial charge in [-0.25, -0.2) is 9.59 Å². The van der Waals surface area contributed by atoms with Crippen LogP contribution in [0.15, 0.2) is 54.6 Å². The molecule has 1 N–H and O–H groups in total. The minimum Gasteiger partial charge on any atom is -0.480 e. The number of hydrogen-bond acceptors (Lipinski definition) is 4. The predicted octanol–water partition coefficient (Wildman–Crippen LogP) is 4.18. The summed E-state index contributed by atoms with van der Waals surface area (Å²) in [6.07, 6.45) is -0.661. The molecule has 1 unspecified atom stereocenters. The number of nitrogens with zero attached hydrogens (tertiary/aromatic N) is 1. The molecule has 1 aliphatic heterocycles. The lowest BCUT2D eigenvalue weighted by Crippen LogP contribution is -2.43. The van der Waals surface area contributed by atoms with Crippen molar-refractivity contribution in [3.8, 4) is 0 Å². The molecular formula is C18H16ClNO4S. The molecule has 1 aliphatic rings. The first-order valence-electron chi connectivity index (χ1n) is 7.66. The molecule has 1 amide bonds. The maximum absolute atomic E-state index is 12.6. The van der Waals surface area contributed by atoms with Crippen molar-refractivity contribution in [2.75, 3.05) is 5.75 Å². The van der Waals surface area contributed by atoms with E-state index in [0.717, 1.165) is 5.56 Å². The van der Waals surface area contributed by atoms with E-state index in [1.165, 1.54) is 16.7 Å². The van der Waals surface area contributed by atoms with Gasteiger partial charge in [0.2, 0.25) is 0 Å². The Balaban J connectivity index is 1.81. The van der Waals surface area contributed by atoms with Crippen LogP contribution in [0.5, 0.6) is 0 Å². The summed E-state index contributed by atoms with van der Waals surface area (Å²) in [5, 5.41) is 9.46. The fourth-order valence-corrected chi connectivity index (χ4v) is 4.38. The van der Waals surface area contributed by atoms with Crippen LogP contribution >= 0.6 is 23.4 Å². The second-order valence-electron chi connectivity index (χ2n) is 5.51. The van der Waals surface area contributed by atoms with Crippen molar-refractivity contribution in [1.82, 2.24) is 4.90 Å². The van der Waals surface area contributed by atoms with Crippen molar-refractivity contribution in [2.24, 2.45) is 0 Å². The highest BCUT2D eigenvalue weighted by Crippen LogP contribution is 2.44. The Morgan fingerprint density at radius 2 is 1.84 bits per heavy atom. The zero-order chi connectivity index (χ0) is 17.8. The van der Waals surface area contributed by atoms with Gasteiger partial charge in [0, 0.05) is 16.3 Å². The summed E-state index contributed by atoms with van der Waals surface area (Å²) in [6.45, 7) is 0.0857. The molecule has 0 spiro atoms. The molecule has 0 radical (unpaired) electrons. The standard InChI is InChI=1S/C18H16ClNO4S/c19-14-9-5-4-8-13(14)16-20(15(11-25-16)17(21)22)18(23)24-10-12-6-2-1-3-7-12/h1-9,15-16H,10-11H2,(H,21,22)/t15-,16?/m0/s1. The molecule has 25 heavy (non-hydrogen) atoms. The highest BCUT2D eigenvalue weighted by Gasteiger charge is 2.44. The summed E-state index contributed by atoms with van der Waals surface area (Å²) in [5.74, 6) is -0.773. The predicted molar refractivity (Wildman–Crippen MR) is 96.5 cm³/mol. The number of carbonyl (C=O) groups excluding carboxylic acids is 1. The normalized spacial score (nSPS) is 19.6. The van der Waals surface area contributed by atoms with Gasteiger partial charge in [-0.15, -0.1) is 11.8 Å². The smallest absolute Gasteiger partial charge is 0.412 e. The molecule has 1 saturated heterocycles. The van der Waals surface area contributed by atoms with Crippen molar-refractivity contribution >= 4 is 35.4 Å². The van der Waals surface area contributed by atoms with E-state index in [1.807, 2.05) is 36.4 Å². The van der Waals surface area contributed by atoms with Gasteiger partial charge in [-0.1, -0.05) is 60.1 Å². The molecule has 3 rings (SSSR count). The van der Waals surface area contributed by atoms with E-state index in [9.17, 15) is 14.7 Å². The highest BCUT2D eigenvalue weighted by molar-refractivity contribution is 7.99. The van der Waals surface area contributed by atoms with Gasteiger partial charge in [-0.3, -0.25) is 4.90 Å². The van der Waals surface area contributed by atoms with Crippen LogP contribution in [0.4, 0.5) is 4.79 Å². The van der Waals surface area contributed by atoms with Crippen LogP contribution in [0.25, 0.3) is 0 Å². The highest BCUT2D eigenvalue weighted by atomic mass is 35.5. The molecule has 0 aromatic heterocycles. The largest absolute Gasteiger partial charge is 0.480 e. The third-order valence-corrected chi connectivity index (χ3v) is 5.52. The molecule has 2 aromatic rings. The van der Waals surface area contributed by atoms with E-state index in [-0.39, 0.29) is 12.4 Å². The van der Waals surface area contributed by atoms with Gasteiger partial charge in [0.15, 0.2) is 0 Å². The number of amides is 1. The third kappa shape index (κ3) is 3.91. The minimum atomic E-state index is -1.06. The van der Waals surface area contributed by atoms with E-state index >= 15 is 0 Å². The molecule has 2 aromatic carbocycles. The zero-order valence-corrected chi connectivity index (χ0v) is 14.7. The summed E-state index contributed by atoms with van der Waals surface area (Å²) in [7, 11) is 0. The van der Waals surface area contributed by atoms with Gasteiger partial charge < -0.3 is 9.84 Å². The molecule has 0 saturated carbocycles. The lowest BCUT2D eigenvalue weighted by atomic mass is 10.2. The average Bonchev–Trinajstić information content (AvgIpc) is 3.06. The summed E-state index contributed by atoms with van der Waals surface area (Å²) in [5.41, 5.74) is 1.54. The number of carboxylic acids is 1. The monoisotopic (exact) mass is 377 g/mol. The Hall–Kier alpha value is -2.18. The zero-order valence-electron chi connectivity index (χ0n) is 13.2. The molecule has 7 heteroatoms. The van der Waals surface area contributed by atoms with Crippen LogP contribution in [0.2, 0.25) is 5.02 Å². The van der Waals surface area contributed by atoms with Gasteiger partial charge in [0.25, 0.3) is 0 Å². The van der Waals surface area contributed by atoms with Crippen molar-refractivity contribution in [2.45, 2.75) is 18.0 Å². The van der Waals surface area contributed by atoms with E-state index in [1.54, 1.807) is 18.2 Å². The van der Waals surface area contributed by atoms with Gasteiger partial charge in [-0.2, -0.15) is 0 Å². The average molecular weight is 378 g/mol. The number of rotatable bonds is 4. The van der Waals surface area contributed by atoms with Crippen LogP contribution in [0.1, 0.15) is 16.5 Å². The van der Waals surface area contributed by atoms with Crippen molar-refractivity contribution in [3.63, 3.8) is 0 Å². The minimum absolute atomic E-state index is 0.0857. The van der Waals surface area contributed by atoms with Crippen LogP contribution in [-0.4, -0.2) is 33.9 Å². The quantitative estimate of drug-likeness (QED) is 0.865. The van der Waals surface area contributed by atoms with Crippen LogP contribution in [0, 0.1) is 0 Å². The first kappa shape index (κ1) is 17.6. The van der Waals surface area contributed by atoms with Crippen LogP contribution in [-0.2, 0) is 16.1 Å². The van der Waals surface area contributed by atoms with Crippen LogP contribution < -0.4 is 0 Å². The maximum atomic E-state index is 12.6. The van der Waals surface area contributed by atoms with Crippen molar-refractivity contribution in [1.29, 1.82) is 0 Å². The number of halogens is 1. The summed E-state index contributed by atoms with van der Waals surface area (Å²) in [6, 6.07) is 15.4. The summed E-state index contributed by atoms with van der Waals surface area (Å²) in [4.78, 5) is 25.4. The Morgan fingerprint density at radius 3 is 2.52 bits per heavy atom. The van der Waals surface area contributed by atoms with E-state index in [2.05, 4.69) is 0 Å². The molecular weight excluding hydrogens is 362 g/mol. The molecule has 5 nitrogen and oxygen atoms in total. The van der Waals surface area contributed by atoms with Gasteiger partial charge in [0.1, 0.15) is 18.0 Å². The molecule has 1 fully saturated rings. The SMILES string of the molecule is O=C(O)[C@@H]1CSC(c2ccccc2Cl)N1C(=O)OCc1ccccc1. The van der Waals surface area contributed by atoms with Crippen molar-refractivity contribution in [3.05, 3.63) is 70.7 Å². The van der Waals surface area contributed by atoms with E-state index < -0.39 is 23.5 Å². The summed E-state index contributed by atoms with van der Waals surface area (Å²) < 4.78 is 5.35. The number of aliphatic carboxylic acids is 1. The van der Waals surface area contributed by atoms with E-state index in [4.69, 9.17) is 16.3 Å². The Kier molecular flexibility index (Phi) is 5.50. The van der Waals surface area contributed by atoms with E-state index in [0.29, 0.717) is 10.6 Å². The maximum Gasteiger partial charge on any atom is 0.412 e. The number of carbonyl (C=O) groups is 2. The Bertz CT molecular complexity index is 771. The van der Waals surface area contributed by atoms with Crippen LogP contribution in [0.3, 0.4) is 0 Å². The first-order valence-corrected chi connectivity index (χ1v) is 9.08. The second-order valence-corrected chi connectivity index (χ2v) is 7.03. The molecule has 2 atom stereocenters. The first-order chi connectivity index (χ1) is 12.1. The fourth-order valence-electron chi connectivity index (χ4n) is 2.63. The molecule has 1 heterocycles. The number of thioether (sulfide) groups is 1. The fraction of sp³-hybridized carbons (Fsp3) is 0.222. The van der Waals surface area contributed by atoms with Gasteiger partial charge in [0.05, 0.1) is 0 Å². The van der Waals surface area contributed by atoms with Gasteiger partial charge in [-0.05, 0) is 11.6 Å². The third-order valence-electron chi connectivity index (χ3n) is 3.87. The molecule has 0 aliphatic carbocycles. The number of carboxylic acid groups (broad SMARTS) is 1. The lowest BCUT2D eigenvalue weighted by molar-refractivity contribution is -0.141. The van der Waals surface area contributed by atoms with Gasteiger partial charge >= 0.3 is 12.1 Å². The Labute approximate surface area is 154 Å². The topological polar surface area (TPSA) is 66.8 Å². The summed E-state index contributed by atoms with van der Waals surface area (Å²) >= 11 is 7.60. The number of hydrogen-bond donors (Lipinski definition) is 1. The Morgan fingerprint density at radius 1 is 1.16 bits per heavy atom. The second kappa shape index (κ2) is 7.80.